The fraction of sp³-hybridized carbons (Fsp3) is 0.231. The summed E-state index contributed by atoms with van der Waals surface area (Å²) in [4.78, 5) is 26.0. The number of benzene rings is 3. The molecule has 0 unspecified atom stereocenters. The molecule has 38 heavy (non-hydrogen) atoms. The maximum absolute atomic E-state index is 13.9. The zero-order chi connectivity index (χ0) is 26.6. The highest BCUT2D eigenvalue weighted by molar-refractivity contribution is 7.90. The molecule has 0 spiro atoms. The zero-order valence-electron chi connectivity index (χ0n) is 20.5. The summed E-state index contributed by atoms with van der Waals surface area (Å²) in [6, 6.07) is 14.0. The van der Waals surface area contributed by atoms with Crippen molar-refractivity contribution in [3.05, 3.63) is 75.6 Å². The lowest BCUT2D eigenvalue weighted by atomic mass is 10.2. The van der Waals surface area contributed by atoms with Crippen molar-refractivity contribution in [3.8, 4) is 22.9 Å². The molecule has 5 aromatic rings. The largest absolute Gasteiger partial charge is 0.494 e. The zero-order valence-corrected chi connectivity index (χ0v) is 21.4. The Morgan fingerprint density at radius 2 is 1.71 bits per heavy atom. The molecule has 0 bridgehead atoms. The van der Waals surface area contributed by atoms with Crippen LogP contribution in [0.3, 0.4) is 0 Å². The molecule has 12 heteroatoms. The highest BCUT2D eigenvalue weighted by Crippen LogP contribution is 2.34. The summed E-state index contributed by atoms with van der Waals surface area (Å²) in [6.45, 7) is 3.09. The van der Waals surface area contributed by atoms with Crippen molar-refractivity contribution in [2.75, 3.05) is 19.8 Å². The van der Waals surface area contributed by atoms with Gasteiger partial charge in [0.2, 0.25) is 0 Å². The smallest absolute Gasteiger partial charge is 0.419 e. The van der Waals surface area contributed by atoms with Gasteiger partial charge in [0.15, 0.2) is 17.1 Å². The van der Waals surface area contributed by atoms with E-state index in [1.54, 1.807) is 30.3 Å². The molecular weight excluding hydrogens is 514 g/mol. The molecule has 0 aliphatic carbocycles. The van der Waals surface area contributed by atoms with Crippen molar-refractivity contribution in [2.24, 2.45) is 7.05 Å². The number of imidazole rings is 1. The molecule has 0 atom stereocenters. The Morgan fingerprint density at radius 1 is 0.921 bits per heavy atom. The molecule has 0 amide bonds. The third-order valence-corrected chi connectivity index (χ3v) is 8.00. The number of hydrogen-bond acceptors (Lipinski definition) is 8. The lowest BCUT2D eigenvalue weighted by molar-refractivity contribution is 0.171. The minimum atomic E-state index is -4.42. The summed E-state index contributed by atoms with van der Waals surface area (Å²) in [5.74, 6) is 0.606. The van der Waals surface area contributed by atoms with Gasteiger partial charge in [0, 0.05) is 25.2 Å². The number of aryl methyl sites for hydroxylation is 1. The molecule has 3 aromatic carbocycles. The van der Waals surface area contributed by atoms with Gasteiger partial charge in [0.05, 0.1) is 33.7 Å². The first kappa shape index (κ1) is 23.9. The van der Waals surface area contributed by atoms with E-state index < -0.39 is 21.5 Å². The first-order chi connectivity index (χ1) is 18.3. The molecule has 196 valence electrons. The summed E-state index contributed by atoms with van der Waals surface area (Å²) >= 11 is 0. The number of ether oxygens (including phenoxy) is 3. The number of aromatic nitrogens is 3. The molecule has 0 saturated heterocycles. The number of nitrogens with zero attached hydrogens (tertiary/aromatic N) is 3. The highest BCUT2D eigenvalue weighted by atomic mass is 32.2. The summed E-state index contributed by atoms with van der Waals surface area (Å²) in [7, 11) is -2.89. The fourth-order valence-electron chi connectivity index (χ4n) is 4.49. The Morgan fingerprint density at radius 3 is 2.50 bits per heavy atom. The van der Waals surface area contributed by atoms with Gasteiger partial charge in [-0.1, -0.05) is 13.0 Å². The molecule has 0 saturated carbocycles. The average molecular weight is 538 g/mol. The van der Waals surface area contributed by atoms with Crippen LogP contribution in [0.25, 0.3) is 27.8 Å². The minimum absolute atomic E-state index is 0.0478. The van der Waals surface area contributed by atoms with Crippen LogP contribution in [0.15, 0.2) is 73.5 Å². The molecule has 0 radical (unpaired) electrons. The molecular formula is C26H23N3O8S. The second-order valence-electron chi connectivity index (χ2n) is 8.77. The quantitative estimate of drug-likeness (QED) is 0.324. The van der Waals surface area contributed by atoms with E-state index in [2.05, 4.69) is 0 Å². The lowest BCUT2D eigenvalue weighted by Gasteiger charge is -2.18. The standard InChI is InChI=1S/C26H23N3O8S/c1-3-9-34-17-6-4-5-16(12-17)28-19-14-21-23(37-26(31)27(21)2)15-20(19)29(25(28)30)38(32,33)18-7-8-22-24(13-18)36-11-10-35-22/h4-8,12-15H,3,9-11H2,1-2H3. The number of oxazole rings is 1. The third-order valence-electron chi connectivity index (χ3n) is 6.31. The molecule has 0 fully saturated rings. The Hall–Kier alpha value is -4.45. The van der Waals surface area contributed by atoms with Crippen LogP contribution in [0.1, 0.15) is 13.3 Å². The van der Waals surface area contributed by atoms with Crippen molar-refractivity contribution < 1.29 is 27.0 Å². The Labute approximate surface area is 216 Å². The van der Waals surface area contributed by atoms with Gasteiger partial charge in [-0.3, -0.25) is 9.13 Å². The lowest BCUT2D eigenvalue weighted by Crippen LogP contribution is -2.29. The van der Waals surface area contributed by atoms with Gasteiger partial charge in [-0.2, -0.15) is 3.97 Å². The van der Waals surface area contributed by atoms with Gasteiger partial charge in [0.25, 0.3) is 10.0 Å². The van der Waals surface area contributed by atoms with E-state index in [0.29, 0.717) is 39.9 Å². The molecule has 6 rings (SSSR count). The van der Waals surface area contributed by atoms with E-state index in [0.717, 1.165) is 6.42 Å². The van der Waals surface area contributed by atoms with E-state index in [1.807, 2.05) is 6.92 Å². The third kappa shape index (κ3) is 3.67. The van der Waals surface area contributed by atoms with E-state index in [1.165, 1.54) is 40.4 Å². The van der Waals surface area contributed by atoms with E-state index in [4.69, 9.17) is 18.6 Å². The minimum Gasteiger partial charge on any atom is -0.494 e. The van der Waals surface area contributed by atoms with Gasteiger partial charge < -0.3 is 18.6 Å². The van der Waals surface area contributed by atoms with Crippen LogP contribution < -0.4 is 25.7 Å². The van der Waals surface area contributed by atoms with Gasteiger partial charge in [-0.15, -0.1) is 0 Å². The van der Waals surface area contributed by atoms with Crippen molar-refractivity contribution in [3.63, 3.8) is 0 Å². The van der Waals surface area contributed by atoms with Gasteiger partial charge in [-0.25, -0.2) is 18.0 Å². The summed E-state index contributed by atoms with van der Waals surface area (Å²) < 4.78 is 53.3. The maximum Gasteiger partial charge on any atom is 0.419 e. The normalized spacial score (nSPS) is 13.3. The fourth-order valence-corrected chi connectivity index (χ4v) is 5.89. The molecule has 3 heterocycles. The van der Waals surface area contributed by atoms with Gasteiger partial charge >= 0.3 is 11.4 Å². The van der Waals surface area contributed by atoms with Crippen LogP contribution in [-0.4, -0.2) is 41.3 Å². The molecule has 1 aliphatic rings. The second kappa shape index (κ2) is 8.84. The van der Waals surface area contributed by atoms with E-state index in [-0.39, 0.29) is 33.9 Å². The first-order valence-electron chi connectivity index (χ1n) is 11.9. The molecule has 1 aliphatic heterocycles. The number of hydrogen-bond donors (Lipinski definition) is 0. The number of rotatable bonds is 6. The highest BCUT2D eigenvalue weighted by Gasteiger charge is 2.29. The van der Waals surface area contributed by atoms with Gasteiger partial charge in [-0.05, 0) is 36.8 Å². The Balaban J connectivity index is 1.64. The van der Waals surface area contributed by atoms with E-state index in [9.17, 15) is 18.0 Å². The van der Waals surface area contributed by atoms with Crippen LogP contribution in [0, 0.1) is 0 Å². The van der Waals surface area contributed by atoms with Crippen LogP contribution in [0.5, 0.6) is 17.2 Å². The topological polar surface area (TPSA) is 124 Å². The molecule has 11 nitrogen and oxygen atoms in total. The van der Waals surface area contributed by atoms with Crippen LogP contribution in [-0.2, 0) is 17.1 Å². The van der Waals surface area contributed by atoms with Crippen molar-refractivity contribution in [1.29, 1.82) is 0 Å². The SMILES string of the molecule is CCCOc1cccc(-n2c(=O)n(S(=O)(=O)c3ccc4c(c3)OCCO4)c3cc4oc(=O)n(C)c4cc32)c1. The Kier molecular flexibility index (Phi) is 5.56. The van der Waals surface area contributed by atoms with Crippen LogP contribution in [0.4, 0.5) is 0 Å². The van der Waals surface area contributed by atoms with Gasteiger partial charge in [0.1, 0.15) is 19.0 Å². The predicted molar refractivity (Wildman–Crippen MR) is 138 cm³/mol. The summed E-state index contributed by atoms with van der Waals surface area (Å²) in [5.41, 5.74) is 0.453. The van der Waals surface area contributed by atoms with Crippen LogP contribution in [0.2, 0.25) is 0 Å². The van der Waals surface area contributed by atoms with Crippen molar-refractivity contribution in [1.82, 2.24) is 13.1 Å². The van der Waals surface area contributed by atoms with Crippen molar-refractivity contribution in [2.45, 2.75) is 18.2 Å². The molecule has 0 N–H and O–H groups in total. The van der Waals surface area contributed by atoms with E-state index >= 15 is 0 Å². The average Bonchev–Trinajstić information content (AvgIpc) is 3.37. The van der Waals surface area contributed by atoms with Crippen LogP contribution >= 0.6 is 0 Å². The molecule has 2 aromatic heterocycles. The summed E-state index contributed by atoms with van der Waals surface area (Å²) in [5, 5.41) is 0. The summed E-state index contributed by atoms with van der Waals surface area (Å²) in [6.07, 6.45) is 0.795. The number of fused-ring (bicyclic) bond motifs is 3. The second-order valence-corrected chi connectivity index (χ2v) is 10.6. The Bertz CT molecular complexity index is 1950. The predicted octanol–water partition coefficient (Wildman–Crippen LogP) is 3.03. The first-order valence-corrected chi connectivity index (χ1v) is 13.4. The monoisotopic (exact) mass is 537 g/mol. The maximum atomic E-state index is 13.9. The van der Waals surface area contributed by atoms with Crippen molar-refractivity contribution >= 4 is 32.2 Å².